The minimum absolute atomic E-state index is 0.711. The molecule has 6 nitrogen and oxygen atoms in total. The van der Waals surface area contributed by atoms with Crippen LogP contribution in [0.3, 0.4) is 0 Å². The Hall–Kier alpha value is -2.54. The second-order valence-electron chi connectivity index (χ2n) is 2.80. The molecule has 0 rings (SSSR count). The van der Waals surface area contributed by atoms with Crippen molar-refractivity contribution in [3.63, 3.8) is 0 Å². The molecule has 0 saturated heterocycles. The summed E-state index contributed by atoms with van der Waals surface area (Å²) >= 11 is 0. The molecule has 0 aromatic carbocycles. The fraction of sp³-hybridized carbons (Fsp3) is 0.250. The van der Waals surface area contributed by atoms with Gasteiger partial charge >= 0.3 is 83.3 Å². The third-order valence-electron chi connectivity index (χ3n) is 2.27. The number of nitrogens with zero attached hydrogens (tertiary/aromatic N) is 6. The zero-order chi connectivity index (χ0) is 12.3. The van der Waals surface area contributed by atoms with E-state index < -0.39 is 15.0 Å². The third-order valence-corrected chi connectivity index (χ3v) is 9.36. The summed E-state index contributed by atoms with van der Waals surface area (Å²) in [5.74, 6) is 0. The maximum atomic E-state index is 9.03. The van der Waals surface area contributed by atoms with Crippen LogP contribution in [0.15, 0.2) is 0 Å². The molecule has 0 unspecified atom stereocenters. The minimum atomic E-state index is -6.84. The summed E-state index contributed by atoms with van der Waals surface area (Å²) in [6, 6.07) is 0. The molecular weight excluding hydrogens is 236 g/mol. The van der Waals surface area contributed by atoms with Gasteiger partial charge in [0.2, 0.25) is 0 Å². The van der Waals surface area contributed by atoms with Crippen molar-refractivity contribution in [2.45, 2.75) is 12.2 Å². The Bertz CT molecular complexity index is 474. The van der Waals surface area contributed by atoms with Gasteiger partial charge in [0, 0.05) is 0 Å². The molecule has 0 heterocycles. The molecular formula is C8H5FeN6. The van der Waals surface area contributed by atoms with Crippen molar-refractivity contribution >= 4 is 0 Å². The average molecular weight is 241 g/mol. The number of hydrogen-bond acceptors (Lipinski definition) is 6. The summed E-state index contributed by atoms with van der Waals surface area (Å²) in [5, 5.41) is 53.5. The summed E-state index contributed by atoms with van der Waals surface area (Å²) < 4.78 is 0. The third kappa shape index (κ3) is 0.659. The molecule has 0 aromatic heterocycles. The van der Waals surface area contributed by atoms with Gasteiger partial charge in [0.15, 0.2) is 0 Å². The zero-order valence-corrected chi connectivity index (χ0v) is 8.85. The van der Waals surface area contributed by atoms with Crippen LogP contribution in [0, 0.1) is 61.4 Å². The standard InChI is InChI=1S/C2H5.6CN.Fe/c7*1-2;/h1H2,2H3;;;;;;;. The van der Waals surface area contributed by atoms with E-state index in [1.54, 1.807) is 0 Å². The molecule has 0 radical (unpaired) electrons. The van der Waals surface area contributed by atoms with Crippen LogP contribution >= 0.6 is 0 Å². The molecule has 0 atom stereocenters. The molecule has 0 fully saturated rings. The van der Waals surface area contributed by atoms with Crippen LogP contribution < -0.4 is 0 Å². The molecule has 15 heavy (non-hydrogen) atoms. The summed E-state index contributed by atoms with van der Waals surface area (Å²) in [7, 11) is -6.84. The molecule has 0 bridgehead atoms. The zero-order valence-electron chi connectivity index (χ0n) is 7.74. The Morgan fingerprint density at radius 2 is 0.867 bits per heavy atom. The molecule has 0 aliphatic rings. The Kier molecular flexibility index (Phi) is 1.61. The first kappa shape index (κ1) is 12.5. The normalized spacial score (nSPS) is 16.1. The topological polar surface area (TPSA) is 143 Å². The van der Waals surface area contributed by atoms with Gasteiger partial charge in [0.25, 0.3) is 0 Å². The van der Waals surface area contributed by atoms with Gasteiger partial charge in [0.1, 0.15) is 0 Å². The molecule has 0 amide bonds. The summed E-state index contributed by atoms with van der Waals surface area (Å²) in [4.78, 5) is 7.15. The van der Waals surface area contributed by atoms with Gasteiger partial charge in [-0.15, -0.1) is 0 Å². The maximum absolute atomic E-state index is 9.03. The van der Waals surface area contributed by atoms with Gasteiger partial charge in [-0.25, -0.2) is 0 Å². The summed E-state index contributed by atoms with van der Waals surface area (Å²) in [5.41, 5.74) is 0. The van der Waals surface area contributed by atoms with E-state index in [0.29, 0.717) is 0 Å². The van der Waals surface area contributed by atoms with Gasteiger partial charge in [-0.1, -0.05) is 0 Å². The van der Waals surface area contributed by atoms with E-state index in [-0.39, 0.29) is 0 Å². The van der Waals surface area contributed by atoms with Crippen LogP contribution in [0.2, 0.25) is 5.32 Å². The van der Waals surface area contributed by atoms with Crippen LogP contribution in [0.4, 0.5) is 0 Å². The van der Waals surface area contributed by atoms with Gasteiger partial charge < -0.3 is 0 Å². The second kappa shape index (κ2) is 1.93. The fourth-order valence-electron chi connectivity index (χ4n) is 0.601. The summed E-state index contributed by atoms with van der Waals surface area (Å²) in [6.45, 7) is 1.15. The van der Waals surface area contributed by atoms with E-state index in [2.05, 4.69) is 0 Å². The van der Waals surface area contributed by atoms with Crippen molar-refractivity contribution in [2.24, 2.45) is 0 Å². The first-order valence-electron chi connectivity index (χ1n) is 3.36. The molecule has 0 aromatic rings. The van der Waals surface area contributed by atoms with Crippen molar-refractivity contribution in [1.82, 2.24) is 0 Å². The first-order chi connectivity index (χ1) is 6.82. The van der Waals surface area contributed by atoms with Crippen molar-refractivity contribution in [3.05, 3.63) is 0 Å². The Morgan fingerprint density at radius 3 is 0.867 bits per heavy atom. The molecule has 0 aliphatic heterocycles. The van der Waals surface area contributed by atoms with Crippen LogP contribution in [0.1, 0.15) is 6.92 Å². The van der Waals surface area contributed by atoms with E-state index in [4.69, 9.17) is 31.6 Å². The molecule has 0 spiro atoms. The first-order valence-corrected chi connectivity index (χ1v) is 7.45. The van der Waals surface area contributed by atoms with Crippen molar-refractivity contribution < 1.29 is 9.68 Å². The number of rotatable bonds is 1. The summed E-state index contributed by atoms with van der Waals surface area (Å²) in [6.07, 6.45) is 0. The molecule has 0 N–H and O–H groups in total. The van der Waals surface area contributed by atoms with E-state index in [0.717, 1.165) is 6.92 Å². The Morgan fingerprint density at radius 1 is 0.667 bits per heavy atom. The quantitative estimate of drug-likeness (QED) is 0.628. The van der Waals surface area contributed by atoms with Gasteiger partial charge in [-0.05, 0) is 0 Å². The molecule has 0 saturated carbocycles. The average Bonchev–Trinajstić information content (AvgIpc) is 2.38. The van der Waals surface area contributed by atoms with Gasteiger partial charge in [-0.3, -0.25) is 0 Å². The van der Waals surface area contributed by atoms with Gasteiger partial charge in [0.05, 0.1) is 0 Å². The second-order valence-corrected chi connectivity index (χ2v) is 11.5. The van der Waals surface area contributed by atoms with E-state index in [1.165, 1.54) is 29.8 Å². The van der Waals surface area contributed by atoms with E-state index >= 15 is 0 Å². The monoisotopic (exact) mass is 241 g/mol. The molecule has 7 heteroatoms. The Labute approximate surface area is 83.7 Å². The molecule has 0 aliphatic carbocycles. The van der Waals surface area contributed by atoms with Crippen LogP contribution in [-0.4, -0.2) is 0 Å². The predicted octanol–water partition coefficient (Wildman–Crippen LogP) is 1.07. The fourth-order valence-corrected chi connectivity index (χ4v) is 2.48. The SMILES string of the molecule is C[CH2][Fe]([C]#N)([C]#N)([C]#N)([C]#N)([C]#N)[C]#N. The van der Waals surface area contributed by atoms with Crippen molar-refractivity contribution in [3.8, 4) is 29.8 Å². The van der Waals surface area contributed by atoms with Gasteiger partial charge in [-0.2, -0.15) is 0 Å². The van der Waals surface area contributed by atoms with Crippen molar-refractivity contribution in [2.75, 3.05) is 0 Å². The van der Waals surface area contributed by atoms with Crippen LogP contribution in [-0.2, 0) is 9.68 Å². The van der Waals surface area contributed by atoms with E-state index in [9.17, 15) is 0 Å². The van der Waals surface area contributed by atoms with E-state index in [1.807, 2.05) is 0 Å². The molecule has 75 valence electrons. The van der Waals surface area contributed by atoms with Crippen molar-refractivity contribution in [1.29, 1.82) is 31.6 Å². The predicted molar refractivity (Wildman–Crippen MR) is 44.2 cm³/mol. The Balaban J connectivity index is 7.70. The van der Waals surface area contributed by atoms with Crippen LogP contribution in [0.5, 0.6) is 0 Å². The number of nitriles is 6. The van der Waals surface area contributed by atoms with Crippen LogP contribution in [0.25, 0.3) is 0 Å². The number of hydrogen-bond donors (Lipinski definition) is 0.